The second-order valence-corrected chi connectivity index (χ2v) is 11.2. The largest absolute Gasteiger partial charge is 0.360 e. The number of benzene rings is 4. The summed E-state index contributed by atoms with van der Waals surface area (Å²) in [7, 11) is -3.70. The zero-order chi connectivity index (χ0) is 31.1. The van der Waals surface area contributed by atoms with Crippen LogP contribution < -0.4 is 5.14 Å². The van der Waals surface area contributed by atoms with E-state index in [0.717, 1.165) is 33.5 Å². The zero-order valence-corrected chi connectivity index (χ0v) is 24.3. The third-order valence-electron chi connectivity index (χ3n) is 6.79. The lowest BCUT2D eigenvalue weighted by atomic mass is 9.97. The van der Waals surface area contributed by atoms with E-state index in [-0.39, 0.29) is 10.9 Å². The summed E-state index contributed by atoms with van der Waals surface area (Å²) in [4.78, 5) is 4.08. The van der Waals surface area contributed by atoms with Crippen LogP contribution in [0.5, 0.6) is 0 Å². The quantitative estimate of drug-likeness (QED) is 0.257. The Labute approximate surface area is 254 Å². The van der Waals surface area contributed by atoms with Crippen molar-refractivity contribution in [2.75, 3.05) is 0 Å². The molecule has 0 spiro atoms. The molecule has 0 unspecified atom stereocenters. The van der Waals surface area contributed by atoms with Crippen LogP contribution in [0.2, 0.25) is 0 Å². The van der Waals surface area contributed by atoms with Crippen molar-refractivity contribution in [1.82, 2.24) is 19.9 Å². The van der Waals surface area contributed by atoms with Gasteiger partial charge in [0.1, 0.15) is 30.2 Å². The molecule has 10 nitrogen and oxygen atoms in total. The molecule has 0 saturated heterocycles. The highest BCUT2D eigenvalue weighted by atomic mass is 32.2. The topological polar surface area (TPSA) is 164 Å². The van der Waals surface area contributed by atoms with Gasteiger partial charge in [0.2, 0.25) is 10.0 Å². The first kappa shape index (κ1) is 29.6. The molecule has 6 aromatic rings. The lowest BCUT2D eigenvalue weighted by molar-refractivity contribution is 0.400. The third kappa shape index (κ3) is 6.61. The molecule has 11 heteroatoms. The van der Waals surface area contributed by atoms with Crippen molar-refractivity contribution in [3.05, 3.63) is 144 Å². The number of hydrogen-bond acceptors (Lipinski definition) is 8. The normalized spacial score (nSPS) is 10.8. The summed E-state index contributed by atoms with van der Waals surface area (Å²) in [6, 6.07) is 34.8. The molecule has 0 bridgehead atoms. The first-order valence-corrected chi connectivity index (χ1v) is 14.8. The number of aromatic nitrogens is 4. The average Bonchev–Trinajstić information content (AvgIpc) is 3.72. The minimum atomic E-state index is -3.70. The van der Waals surface area contributed by atoms with E-state index in [0.29, 0.717) is 16.9 Å². The lowest BCUT2D eigenvalue weighted by Gasteiger charge is -2.18. The molecular formula is C33H25N7O3S. The highest BCUT2D eigenvalue weighted by Gasteiger charge is 2.18. The SMILES string of the molecule is Cc1onc(-c2ccccc2)c1-c1ccc(S(N)(=O)=O)cc1.N#Cc1ccc(C(c2ccc(C#N)cc2)n2cncn2)cc1. The fourth-order valence-corrected chi connectivity index (χ4v) is 5.16. The van der Waals surface area contributed by atoms with Gasteiger partial charge in [0.05, 0.1) is 33.7 Å². The molecule has 44 heavy (non-hydrogen) atoms. The van der Waals surface area contributed by atoms with Crippen molar-refractivity contribution < 1.29 is 12.9 Å². The summed E-state index contributed by atoms with van der Waals surface area (Å²) in [6.45, 7) is 1.82. The molecule has 4 aromatic carbocycles. The number of rotatable bonds is 6. The van der Waals surface area contributed by atoms with Crippen LogP contribution in [0.15, 0.2) is 125 Å². The van der Waals surface area contributed by atoms with Crippen LogP contribution >= 0.6 is 0 Å². The van der Waals surface area contributed by atoms with Crippen molar-refractivity contribution in [1.29, 1.82) is 10.5 Å². The van der Waals surface area contributed by atoms with Crippen LogP contribution in [0.4, 0.5) is 0 Å². The summed E-state index contributed by atoms with van der Waals surface area (Å²) < 4.78 is 29.7. The fraction of sp³-hybridized carbons (Fsp3) is 0.0606. The van der Waals surface area contributed by atoms with Gasteiger partial charge in [-0.2, -0.15) is 15.6 Å². The minimum Gasteiger partial charge on any atom is -0.360 e. The van der Waals surface area contributed by atoms with E-state index >= 15 is 0 Å². The number of aryl methyl sites for hydroxylation is 1. The molecule has 0 aliphatic carbocycles. The maximum Gasteiger partial charge on any atom is 0.238 e. The van der Waals surface area contributed by atoms with E-state index < -0.39 is 10.0 Å². The van der Waals surface area contributed by atoms with Crippen molar-refractivity contribution in [3.63, 3.8) is 0 Å². The van der Waals surface area contributed by atoms with E-state index in [1.54, 1.807) is 47.4 Å². The highest BCUT2D eigenvalue weighted by molar-refractivity contribution is 7.89. The number of nitriles is 2. The van der Waals surface area contributed by atoms with Crippen LogP contribution in [-0.4, -0.2) is 28.3 Å². The smallest absolute Gasteiger partial charge is 0.238 e. The van der Waals surface area contributed by atoms with Gasteiger partial charge >= 0.3 is 0 Å². The maximum absolute atomic E-state index is 11.3. The average molecular weight is 600 g/mol. The highest BCUT2D eigenvalue weighted by Crippen LogP contribution is 2.34. The van der Waals surface area contributed by atoms with Crippen LogP contribution in [0.1, 0.15) is 34.1 Å². The maximum atomic E-state index is 11.3. The number of nitrogens with two attached hydrogens (primary N) is 1. The number of hydrogen-bond donors (Lipinski definition) is 1. The Balaban J connectivity index is 0.000000175. The molecular weight excluding hydrogens is 574 g/mol. The molecule has 0 radical (unpaired) electrons. The Kier molecular flexibility index (Phi) is 8.72. The van der Waals surface area contributed by atoms with Gasteiger partial charge in [-0.05, 0) is 60.0 Å². The van der Waals surface area contributed by atoms with E-state index in [4.69, 9.17) is 20.2 Å². The molecule has 2 aromatic heterocycles. The van der Waals surface area contributed by atoms with Gasteiger partial charge in [0.25, 0.3) is 0 Å². The molecule has 216 valence electrons. The summed E-state index contributed by atoms with van der Waals surface area (Å²) in [5.74, 6) is 0.669. The standard InChI is InChI=1S/C17H11N5.C16H14N2O3S/c18-9-13-1-5-15(6-2-13)17(22-12-20-11-21-22)16-7-3-14(10-19)4-8-16;1-11-15(12-7-9-14(10-8-12)22(17,19)20)16(18-21-11)13-5-3-2-4-6-13/h1-8,11-12,17H;2-10H,1H3,(H2,17,19,20). The lowest BCUT2D eigenvalue weighted by Crippen LogP contribution is -2.13. The van der Waals surface area contributed by atoms with Gasteiger partial charge in [-0.3, -0.25) is 0 Å². The van der Waals surface area contributed by atoms with Gasteiger partial charge in [0, 0.05) is 5.56 Å². The molecule has 2 heterocycles. The number of sulfonamides is 1. The Morgan fingerprint density at radius 1 is 0.795 bits per heavy atom. The van der Waals surface area contributed by atoms with E-state index in [2.05, 4.69) is 27.4 Å². The molecule has 0 fully saturated rings. The first-order chi connectivity index (χ1) is 21.3. The zero-order valence-electron chi connectivity index (χ0n) is 23.4. The molecule has 0 saturated carbocycles. The third-order valence-corrected chi connectivity index (χ3v) is 7.72. The van der Waals surface area contributed by atoms with E-state index in [1.165, 1.54) is 18.5 Å². The summed E-state index contributed by atoms with van der Waals surface area (Å²) in [5.41, 5.74) is 6.54. The number of nitrogens with zero attached hydrogens (tertiary/aromatic N) is 6. The van der Waals surface area contributed by atoms with Gasteiger partial charge in [0.15, 0.2) is 0 Å². The molecule has 0 atom stereocenters. The van der Waals surface area contributed by atoms with Gasteiger partial charge in [-0.1, -0.05) is 71.9 Å². The minimum absolute atomic E-state index is 0.0756. The van der Waals surface area contributed by atoms with Gasteiger partial charge in [-0.25, -0.2) is 23.2 Å². The van der Waals surface area contributed by atoms with Gasteiger partial charge < -0.3 is 4.52 Å². The predicted molar refractivity (Wildman–Crippen MR) is 163 cm³/mol. The summed E-state index contributed by atoms with van der Waals surface area (Å²) in [5, 5.41) is 31.3. The van der Waals surface area contributed by atoms with Crippen molar-refractivity contribution >= 4 is 10.0 Å². The molecule has 0 aliphatic rings. The van der Waals surface area contributed by atoms with Crippen LogP contribution in [0, 0.1) is 29.6 Å². The first-order valence-electron chi connectivity index (χ1n) is 13.3. The van der Waals surface area contributed by atoms with E-state index in [9.17, 15) is 8.42 Å². The van der Waals surface area contributed by atoms with E-state index in [1.807, 2.05) is 61.5 Å². The summed E-state index contributed by atoms with van der Waals surface area (Å²) >= 11 is 0. The predicted octanol–water partition coefficient (Wildman–Crippen LogP) is 5.62. The van der Waals surface area contributed by atoms with Crippen LogP contribution in [0.3, 0.4) is 0 Å². The Bertz CT molecular complexity index is 1980. The molecule has 0 aliphatic heterocycles. The molecule has 0 amide bonds. The summed E-state index contributed by atoms with van der Waals surface area (Å²) in [6.07, 6.45) is 3.14. The second kappa shape index (κ2) is 13.0. The van der Waals surface area contributed by atoms with Crippen molar-refractivity contribution in [3.8, 4) is 34.5 Å². The van der Waals surface area contributed by atoms with Crippen LogP contribution in [0.25, 0.3) is 22.4 Å². The Hall–Kier alpha value is -5.88. The molecule has 2 N–H and O–H groups in total. The Morgan fingerprint density at radius 3 is 1.84 bits per heavy atom. The van der Waals surface area contributed by atoms with Crippen LogP contribution in [-0.2, 0) is 10.0 Å². The monoisotopic (exact) mass is 599 g/mol. The second-order valence-electron chi connectivity index (χ2n) is 9.64. The van der Waals surface area contributed by atoms with Gasteiger partial charge in [-0.15, -0.1) is 0 Å². The number of primary sulfonamides is 1. The Morgan fingerprint density at radius 2 is 1.36 bits per heavy atom. The fourth-order valence-electron chi connectivity index (χ4n) is 4.64. The van der Waals surface area contributed by atoms with Crippen molar-refractivity contribution in [2.24, 2.45) is 5.14 Å². The van der Waals surface area contributed by atoms with Crippen molar-refractivity contribution in [2.45, 2.75) is 17.9 Å². The molecule has 6 rings (SSSR count).